The molecule has 1 saturated heterocycles. The summed E-state index contributed by atoms with van der Waals surface area (Å²) in [6, 6.07) is 24.5. The number of hydrogen-bond acceptors (Lipinski definition) is 14. The number of nitrogens with zero attached hydrogens (tertiary/aromatic N) is 6. The Balaban J connectivity index is 1.47. The molecule has 1 aliphatic heterocycles. The van der Waals surface area contributed by atoms with Gasteiger partial charge < -0.3 is 24.3 Å². The van der Waals surface area contributed by atoms with Crippen LogP contribution in [0.2, 0.25) is 0 Å². The Hall–Kier alpha value is -6.27. The van der Waals surface area contributed by atoms with Crippen LogP contribution in [0.15, 0.2) is 107 Å². The molecule has 0 radical (unpaired) electrons. The molecule has 1 amide bonds. The highest BCUT2D eigenvalue weighted by molar-refractivity contribution is 7.33. The van der Waals surface area contributed by atoms with Gasteiger partial charge in [0.2, 0.25) is 0 Å². The zero-order valence-corrected chi connectivity index (χ0v) is 37.6. The maximum Gasteiger partial charge on any atom is 0.697 e. The van der Waals surface area contributed by atoms with Crippen molar-refractivity contribution in [1.29, 1.82) is 5.26 Å². The average Bonchev–Trinajstić information content (AvgIpc) is 3.91. The Morgan fingerprint density at radius 3 is 2.06 bits per heavy atom. The van der Waals surface area contributed by atoms with Crippen molar-refractivity contribution in [3.05, 3.63) is 141 Å². The number of amides is 1. The molecule has 0 spiro atoms. The highest BCUT2D eigenvalue weighted by Gasteiger charge is 2.54. The zero-order valence-electron chi connectivity index (χ0n) is 36.7. The molecule has 0 aliphatic carbocycles. The standard InChI is InChI=1S/C44H48F3N8O10P/c1-27(2)55(28(3)4)33(22-48)25-63-66(59)65-39-36(64-40(53-21-20-37(56)50-42(53)58)38(39)54-24-32(51-52-54)23-49-41(57)44(45,46)47)26-62-43(29-10-8-7-9-11-29,30-12-16-34(60-5)17-13-30)31-14-18-35(61-6)19-15-31/h7-21,24,27-28,33,36,38-40H,23,25-26H2,1-6H3,(H-,49,50,56,57,58)/p+1/t33?,36-,38?,39?,40-/m0/s1. The fourth-order valence-corrected chi connectivity index (χ4v) is 8.77. The minimum absolute atomic E-state index is 0.0914. The van der Waals surface area contributed by atoms with Crippen molar-refractivity contribution >= 4 is 14.2 Å². The van der Waals surface area contributed by atoms with Gasteiger partial charge in [-0.2, -0.15) is 18.4 Å². The van der Waals surface area contributed by atoms with Gasteiger partial charge in [-0.15, -0.1) is 14.1 Å². The minimum Gasteiger partial charge on any atom is -0.497 e. The van der Waals surface area contributed by atoms with Gasteiger partial charge in [0.1, 0.15) is 47.6 Å². The number of aromatic amines is 1. The number of methoxy groups -OCH3 is 2. The van der Waals surface area contributed by atoms with Gasteiger partial charge in [0, 0.05) is 28.9 Å². The van der Waals surface area contributed by atoms with Crippen molar-refractivity contribution in [2.24, 2.45) is 0 Å². The van der Waals surface area contributed by atoms with Gasteiger partial charge in [-0.05, 0) is 68.7 Å². The molecule has 18 nitrogen and oxygen atoms in total. The van der Waals surface area contributed by atoms with Crippen molar-refractivity contribution in [3.63, 3.8) is 0 Å². The van der Waals surface area contributed by atoms with Crippen LogP contribution in [0.25, 0.3) is 0 Å². The zero-order chi connectivity index (χ0) is 47.8. The van der Waals surface area contributed by atoms with Crippen molar-refractivity contribution in [2.75, 3.05) is 27.4 Å². The third-order valence-corrected chi connectivity index (χ3v) is 11.6. The van der Waals surface area contributed by atoms with Crippen LogP contribution in [0, 0.1) is 11.3 Å². The second-order valence-corrected chi connectivity index (χ2v) is 16.5. The highest BCUT2D eigenvalue weighted by Crippen LogP contribution is 2.47. The molecule has 3 aromatic carbocycles. The van der Waals surface area contributed by atoms with E-state index in [0.717, 1.165) is 21.5 Å². The summed E-state index contributed by atoms with van der Waals surface area (Å²) in [6.07, 6.45) is -7.00. The van der Waals surface area contributed by atoms with Gasteiger partial charge >= 0.3 is 26.0 Å². The number of ether oxygens (including phenoxy) is 4. The number of hydrogen-bond donors (Lipinski definition) is 2. The third kappa shape index (κ3) is 11.0. The van der Waals surface area contributed by atoms with Crippen LogP contribution in [0.4, 0.5) is 13.2 Å². The van der Waals surface area contributed by atoms with Crippen LogP contribution in [0.3, 0.4) is 0 Å². The van der Waals surface area contributed by atoms with E-state index in [2.05, 4.69) is 21.4 Å². The number of alkyl halides is 3. The predicted octanol–water partition coefficient (Wildman–Crippen LogP) is 5.54. The van der Waals surface area contributed by atoms with Crippen LogP contribution in [-0.4, -0.2) is 99.3 Å². The van der Waals surface area contributed by atoms with Gasteiger partial charge in [0.25, 0.3) is 5.56 Å². The first kappa shape index (κ1) is 49.2. The van der Waals surface area contributed by atoms with Gasteiger partial charge in [-0.3, -0.25) is 24.0 Å². The predicted molar refractivity (Wildman–Crippen MR) is 230 cm³/mol. The van der Waals surface area contributed by atoms with E-state index in [1.807, 2.05) is 87.2 Å². The van der Waals surface area contributed by atoms with E-state index >= 15 is 0 Å². The van der Waals surface area contributed by atoms with E-state index in [1.54, 1.807) is 29.6 Å². The van der Waals surface area contributed by atoms with Gasteiger partial charge in [0.15, 0.2) is 12.3 Å². The van der Waals surface area contributed by atoms with E-state index < -0.39 is 74.3 Å². The Labute approximate surface area is 378 Å². The number of H-pyrrole nitrogens is 1. The molecule has 2 aromatic heterocycles. The number of halogens is 3. The smallest absolute Gasteiger partial charge is 0.497 e. The number of benzene rings is 3. The quantitative estimate of drug-likeness (QED) is 0.0725. The number of nitrogens with one attached hydrogen (secondary N) is 2. The third-order valence-electron chi connectivity index (χ3n) is 10.9. The van der Waals surface area contributed by atoms with E-state index in [0.29, 0.717) is 28.2 Å². The summed E-state index contributed by atoms with van der Waals surface area (Å²) in [7, 11) is -0.0495. The summed E-state index contributed by atoms with van der Waals surface area (Å²) in [5.74, 6) is -1.08. The van der Waals surface area contributed by atoms with Crippen molar-refractivity contribution < 1.29 is 50.5 Å². The number of nitriles is 1. The van der Waals surface area contributed by atoms with E-state index in [9.17, 15) is 37.4 Å². The molecular weight excluding hydrogens is 888 g/mol. The molecule has 5 aromatic rings. The second kappa shape index (κ2) is 21.4. The lowest BCUT2D eigenvalue weighted by Gasteiger charge is -2.37. The average molecular weight is 938 g/mol. The fraction of sp³-hybridized carbons (Fsp3) is 0.409. The normalized spacial score (nSPS) is 18.3. The van der Waals surface area contributed by atoms with Crippen molar-refractivity contribution in [2.45, 2.75) is 88.6 Å². The molecule has 3 heterocycles. The largest absolute Gasteiger partial charge is 0.697 e. The van der Waals surface area contributed by atoms with E-state index in [-0.39, 0.29) is 31.0 Å². The molecule has 6 rings (SSSR count). The molecule has 2 N–H and O–H groups in total. The monoisotopic (exact) mass is 937 g/mol. The number of carbonyl (C=O) groups excluding carboxylic acids is 1. The summed E-state index contributed by atoms with van der Waals surface area (Å²) in [5.41, 5.74) is -1.28. The molecule has 0 bridgehead atoms. The summed E-state index contributed by atoms with van der Waals surface area (Å²) in [4.78, 5) is 41.5. The van der Waals surface area contributed by atoms with Crippen LogP contribution in [-0.2, 0) is 40.0 Å². The molecule has 4 unspecified atom stereocenters. The van der Waals surface area contributed by atoms with Crippen LogP contribution in [0.1, 0.15) is 62.3 Å². The first-order valence-electron chi connectivity index (χ1n) is 20.7. The SMILES string of the molecule is COc1ccc(C(OC[C@@H]2O[C@H](n3ccc(=O)[nH]c3=O)C(n3cc(CNC(=O)C(F)(F)F)nn3)C2O[P+](=O)OCC(C#N)N(C(C)C)C(C)C)(c2ccccc2)c2ccc(OC)cc2)cc1. The Morgan fingerprint density at radius 2 is 1.53 bits per heavy atom. The van der Waals surface area contributed by atoms with Gasteiger partial charge in [-0.25, -0.2) is 9.48 Å². The van der Waals surface area contributed by atoms with E-state index in [4.69, 9.17) is 28.0 Å². The number of carbonyl (C=O) groups is 1. The molecule has 0 saturated carbocycles. The maximum absolute atomic E-state index is 14.1. The summed E-state index contributed by atoms with van der Waals surface area (Å²) in [5, 5.41) is 19.9. The lowest BCUT2D eigenvalue weighted by atomic mass is 9.80. The summed E-state index contributed by atoms with van der Waals surface area (Å²) in [6.45, 7) is 6.18. The van der Waals surface area contributed by atoms with Crippen molar-refractivity contribution in [1.82, 2.24) is 34.8 Å². The highest BCUT2D eigenvalue weighted by atomic mass is 31.1. The van der Waals surface area contributed by atoms with E-state index in [1.165, 1.54) is 20.4 Å². The summed E-state index contributed by atoms with van der Waals surface area (Å²) < 4.78 is 92.2. The van der Waals surface area contributed by atoms with Crippen LogP contribution < -0.4 is 26.0 Å². The first-order valence-corrected chi connectivity index (χ1v) is 21.7. The lowest BCUT2D eigenvalue weighted by Crippen LogP contribution is -2.46. The number of rotatable bonds is 20. The van der Waals surface area contributed by atoms with Gasteiger partial charge in [-0.1, -0.05) is 59.8 Å². The lowest BCUT2D eigenvalue weighted by molar-refractivity contribution is -0.173. The molecule has 1 fully saturated rings. The maximum atomic E-state index is 14.1. The first-order chi connectivity index (χ1) is 31.5. The Morgan fingerprint density at radius 1 is 0.939 bits per heavy atom. The van der Waals surface area contributed by atoms with Crippen LogP contribution >= 0.6 is 8.25 Å². The molecular formula is C44H49F3N8O10P+. The molecule has 350 valence electrons. The molecule has 1 aliphatic rings. The van der Waals surface area contributed by atoms with Crippen molar-refractivity contribution in [3.8, 4) is 17.6 Å². The molecule has 6 atom stereocenters. The Kier molecular flexibility index (Phi) is 15.9. The van der Waals surface area contributed by atoms with Gasteiger partial charge in [0.05, 0.1) is 39.6 Å². The molecule has 22 heteroatoms. The molecule has 66 heavy (non-hydrogen) atoms. The second-order valence-electron chi connectivity index (χ2n) is 15.6. The minimum atomic E-state index is -5.18. The van der Waals surface area contributed by atoms with Crippen LogP contribution in [0.5, 0.6) is 11.5 Å². The number of aromatic nitrogens is 5. The fourth-order valence-electron chi connectivity index (χ4n) is 7.98. The topological polar surface area (TPSA) is 214 Å². The summed E-state index contributed by atoms with van der Waals surface area (Å²) >= 11 is 0. The Bertz CT molecular complexity index is 2530.